The maximum Gasteiger partial charge on any atom is 0.236 e. The molecule has 2 unspecified atom stereocenters. The summed E-state index contributed by atoms with van der Waals surface area (Å²) in [5.74, 6) is 0. The average Bonchev–Trinajstić information content (AvgIpc) is 2.24. The first-order chi connectivity index (χ1) is 5.95. The summed E-state index contributed by atoms with van der Waals surface area (Å²) >= 11 is 0. The SMILES string of the molecule is C=C(C)C1=C(C(=C)C)[NH+]([O-])O[NH+]1[O-]. The molecule has 1 aliphatic rings. The normalized spacial score (nSPS) is 28.0. The Labute approximate surface area is 76.3 Å². The molecule has 5 heteroatoms. The highest BCUT2D eigenvalue weighted by Crippen LogP contribution is 2.10. The first kappa shape index (κ1) is 10.1. The molecule has 0 spiro atoms. The fourth-order valence-corrected chi connectivity index (χ4v) is 1.17. The lowest BCUT2D eigenvalue weighted by molar-refractivity contribution is -1.26. The van der Waals surface area contributed by atoms with E-state index in [0.717, 1.165) is 0 Å². The van der Waals surface area contributed by atoms with Gasteiger partial charge in [-0.25, -0.2) is 0 Å². The van der Waals surface area contributed by atoms with Crippen LogP contribution in [0.2, 0.25) is 0 Å². The highest BCUT2D eigenvalue weighted by Gasteiger charge is 2.34. The lowest BCUT2D eigenvalue weighted by Gasteiger charge is -2.13. The van der Waals surface area contributed by atoms with Gasteiger partial charge in [-0.3, -0.25) is 0 Å². The predicted molar refractivity (Wildman–Crippen MR) is 46.4 cm³/mol. The molecule has 0 saturated carbocycles. The Bertz CT molecular complexity index is 268. The molecule has 2 atom stereocenters. The van der Waals surface area contributed by atoms with Crippen LogP contribution in [0.4, 0.5) is 0 Å². The number of allylic oxidation sites excluding steroid dienone is 2. The van der Waals surface area contributed by atoms with Gasteiger partial charge in [-0.1, -0.05) is 13.2 Å². The van der Waals surface area contributed by atoms with E-state index in [1.807, 2.05) is 0 Å². The van der Waals surface area contributed by atoms with E-state index in [9.17, 15) is 10.4 Å². The third-order valence-corrected chi connectivity index (χ3v) is 1.70. The van der Waals surface area contributed by atoms with Crippen molar-refractivity contribution in [1.82, 2.24) is 0 Å². The molecule has 0 radical (unpaired) electrons. The van der Waals surface area contributed by atoms with Gasteiger partial charge in [0, 0.05) is 16.1 Å². The van der Waals surface area contributed by atoms with Crippen LogP contribution >= 0.6 is 0 Å². The molecule has 0 aromatic heterocycles. The van der Waals surface area contributed by atoms with E-state index < -0.39 is 10.5 Å². The summed E-state index contributed by atoms with van der Waals surface area (Å²) in [6, 6.07) is 0. The summed E-state index contributed by atoms with van der Waals surface area (Å²) in [6.07, 6.45) is 0. The molecular weight excluding hydrogens is 172 g/mol. The minimum atomic E-state index is -0.629. The molecule has 0 aliphatic carbocycles. The van der Waals surface area contributed by atoms with E-state index in [1.54, 1.807) is 13.8 Å². The van der Waals surface area contributed by atoms with Crippen molar-refractivity contribution in [2.75, 3.05) is 0 Å². The third kappa shape index (κ3) is 1.69. The van der Waals surface area contributed by atoms with E-state index >= 15 is 0 Å². The van der Waals surface area contributed by atoms with Crippen molar-refractivity contribution in [2.45, 2.75) is 13.8 Å². The monoisotopic (exact) mass is 184 g/mol. The molecule has 1 heterocycles. The van der Waals surface area contributed by atoms with Gasteiger partial charge in [0.1, 0.15) is 0 Å². The molecule has 13 heavy (non-hydrogen) atoms. The molecular formula is C8H12N2O3. The topological polar surface area (TPSA) is 64.2 Å². The zero-order valence-electron chi connectivity index (χ0n) is 7.64. The first-order valence-electron chi connectivity index (χ1n) is 3.77. The van der Waals surface area contributed by atoms with Gasteiger partial charge in [-0.2, -0.15) is 0 Å². The van der Waals surface area contributed by atoms with Crippen LogP contribution < -0.4 is 10.5 Å². The lowest BCUT2D eigenvalue weighted by atomic mass is 10.1. The summed E-state index contributed by atoms with van der Waals surface area (Å²) in [7, 11) is 0. The molecule has 72 valence electrons. The van der Waals surface area contributed by atoms with E-state index in [-0.39, 0.29) is 11.4 Å². The van der Waals surface area contributed by atoms with Crippen LogP contribution in [0.15, 0.2) is 35.7 Å². The summed E-state index contributed by atoms with van der Waals surface area (Å²) in [6.45, 7) is 10.5. The molecule has 0 saturated heterocycles. The largest absolute Gasteiger partial charge is 0.590 e. The van der Waals surface area contributed by atoms with E-state index in [2.05, 4.69) is 18.1 Å². The van der Waals surface area contributed by atoms with Crippen LogP contribution in [-0.2, 0) is 4.94 Å². The van der Waals surface area contributed by atoms with Gasteiger partial charge in [0.25, 0.3) is 0 Å². The van der Waals surface area contributed by atoms with Crippen molar-refractivity contribution < 1.29 is 15.4 Å². The van der Waals surface area contributed by atoms with Crippen molar-refractivity contribution in [1.29, 1.82) is 0 Å². The van der Waals surface area contributed by atoms with Crippen LogP contribution in [-0.4, -0.2) is 0 Å². The maximum atomic E-state index is 11.1. The van der Waals surface area contributed by atoms with E-state index in [1.165, 1.54) is 0 Å². The Kier molecular flexibility index (Phi) is 2.65. The summed E-state index contributed by atoms with van der Waals surface area (Å²) in [4.78, 5) is 4.44. The second kappa shape index (κ2) is 3.41. The number of hydrogen-bond acceptors (Lipinski definition) is 3. The van der Waals surface area contributed by atoms with Crippen LogP contribution in [0, 0.1) is 10.4 Å². The van der Waals surface area contributed by atoms with Crippen LogP contribution in [0.1, 0.15) is 13.8 Å². The fourth-order valence-electron chi connectivity index (χ4n) is 1.17. The molecule has 1 aliphatic heterocycles. The quantitative estimate of drug-likeness (QED) is 0.540. The smallest absolute Gasteiger partial charge is 0.236 e. The van der Waals surface area contributed by atoms with E-state index in [4.69, 9.17) is 0 Å². The van der Waals surface area contributed by atoms with E-state index in [0.29, 0.717) is 11.1 Å². The molecule has 0 bridgehead atoms. The molecule has 1 rings (SSSR count). The van der Waals surface area contributed by atoms with Gasteiger partial charge in [0.05, 0.1) is 0 Å². The Hall–Kier alpha value is -0.980. The van der Waals surface area contributed by atoms with Gasteiger partial charge < -0.3 is 10.4 Å². The standard InChI is InChI=1S/C8H12N2O3/c1-5(2)7-8(6(3)4)10(12)13-9(7)11/h9-10H,1,3H2,2,4H3. The zero-order chi connectivity index (χ0) is 10.2. The van der Waals surface area contributed by atoms with Gasteiger partial charge >= 0.3 is 0 Å². The van der Waals surface area contributed by atoms with Crippen LogP contribution in [0.3, 0.4) is 0 Å². The van der Waals surface area contributed by atoms with Crippen LogP contribution in [0.5, 0.6) is 0 Å². The number of quaternary nitrogens is 2. The average molecular weight is 184 g/mol. The van der Waals surface area contributed by atoms with Crippen molar-refractivity contribution in [3.63, 3.8) is 0 Å². The highest BCUT2D eigenvalue weighted by atomic mass is 17.1. The van der Waals surface area contributed by atoms with Crippen molar-refractivity contribution in [3.8, 4) is 0 Å². The highest BCUT2D eigenvalue weighted by molar-refractivity contribution is 5.32. The summed E-state index contributed by atoms with van der Waals surface area (Å²) < 4.78 is 0. The molecule has 0 aromatic rings. The molecule has 0 aromatic carbocycles. The minimum absolute atomic E-state index is 0.248. The number of hydrogen-bond donors (Lipinski definition) is 2. The number of nitrogens with one attached hydrogen (secondary N) is 2. The molecule has 2 N–H and O–H groups in total. The third-order valence-electron chi connectivity index (χ3n) is 1.70. The Morgan fingerprint density at radius 2 is 1.38 bits per heavy atom. The molecule has 0 amide bonds. The Morgan fingerprint density at radius 3 is 1.62 bits per heavy atom. The van der Waals surface area contributed by atoms with Crippen molar-refractivity contribution in [3.05, 3.63) is 46.1 Å². The predicted octanol–water partition coefficient (Wildman–Crippen LogP) is -1.02. The summed E-state index contributed by atoms with van der Waals surface area (Å²) in [5, 5.41) is 21.0. The number of hydroxylamine groups is 4. The zero-order valence-corrected chi connectivity index (χ0v) is 7.64. The minimum Gasteiger partial charge on any atom is -0.590 e. The van der Waals surface area contributed by atoms with Crippen LogP contribution in [0.25, 0.3) is 0 Å². The van der Waals surface area contributed by atoms with Gasteiger partial charge in [-0.15, -0.1) is 10.5 Å². The fraction of sp³-hybridized carbons (Fsp3) is 0.250. The van der Waals surface area contributed by atoms with Gasteiger partial charge in [0.2, 0.25) is 11.4 Å². The first-order valence-corrected chi connectivity index (χ1v) is 3.77. The molecule has 5 nitrogen and oxygen atoms in total. The summed E-state index contributed by atoms with van der Waals surface area (Å²) in [5.41, 5.74) is 1.54. The van der Waals surface area contributed by atoms with Gasteiger partial charge in [0.15, 0.2) is 0 Å². The van der Waals surface area contributed by atoms with Crippen molar-refractivity contribution in [2.24, 2.45) is 0 Å². The maximum absolute atomic E-state index is 11.1. The lowest BCUT2D eigenvalue weighted by Crippen LogP contribution is -3.18. The Balaban J connectivity index is 3.18. The molecule has 0 fully saturated rings. The van der Waals surface area contributed by atoms with Gasteiger partial charge in [-0.05, 0) is 13.8 Å². The second-order valence-corrected chi connectivity index (χ2v) is 2.99. The van der Waals surface area contributed by atoms with Crippen molar-refractivity contribution >= 4 is 0 Å². The second-order valence-electron chi connectivity index (χ2n) is 2.99. The Morgan fingerprint density at radius 1 is 1.08 bits per heavy atom. The number of rotatable bonds is 2.